The molecule has 10 heavy (non-hydrogen) atoms. The number of pyridine rings is 1. The Bertz CT molecular complexity index is 197. The predicted molar refractivity (Wildman–Crippen MR) is 43.2 cm³/mol. The molecule has 0 bridgehead atoms. The highest BCUT2D eigenvalue weighted by Gasteiger charge is 1.92. The van der Waals surface area contributed by atoms with Crippen LogP contribution in [0.5, 0.6) is 0 Å². The molecule has 0 aliphatic heterocycles. The predicted octanol–water partition coefficient (Wildman–Crippen LogP) is 1.66. The Morgan fingerprint density at radius 3 is 2.90 bits per heavy atom. The minimum atomic E-state index is 0.591. The third-order valence-corrected chi connectivity index (χ3v) is 1.53. The van der Waals surface area contributed by atoms with Crippen LogP contribution in [0, 0.1) is 7.11 Å². The van der Waals surface area contributed by atoms with Crippen LogP contribution < -0.4 is 0 Å². The van der Waals surface area contributed by atoms with Gasteiger partial charge in [-0.2, -0.15) is 0 Å². The zero-order valence-corrected chi connectivity index (χ0v) is 7.00. The summed E-state index contributed by atoms with van der Waals surface area (Å²) in [5.41, 5.74) is 0.943. The van der Waals surface area contributed by atoms with E-state index >= 15 is 0 Å². The summed E-state index contributed by atoms with van der Waals surface area (Å²) in [6.07, 6.45) is 1.75. The first kappa shape index (κ1) is 7.69. The molecule has 1 heterocycles. The SMILES string of the molecule is [CH2-][OH+]Cc1ccc(Br)cn1. The van der Waals surface area contributed by atoms with E-state index in [0.717, 1.165) is 10.2 Å². The van der Waals surface area contributed by atoms with Crippen molar-refractivity contribution in [3.05, 3.63) is 35.6 Å². The summed E-state index contributed by atoms with van der Waals surface area (Å²) in [6, 6.07) is 3.85. The molecule has 0 aromatic carbocycles. The maximum atomic E-state index is 4.09. The first-order valence-corrected chi connectivity index (χ1v) is 3.65. The first-order chi connectivity index (χ1) is 4.83. The zero-order chi connectivity index (χ0) is 7.40. The van der Waals surface area contributed by atoms with Crippen molar-refractivity contribution in [1.29, 1.82) is 0 Å². The molecule has 0 saturated heterocycles. The number of hydrogen-bond acceptors (Lipinski definition) is 1. The van der Waals surface area contributed by atoms with E-state index in [9.17, 15) is 0 Å². The van der Waals surface area contributed by atoms with Crippen molar-refractivity contribution in [3.63, 3.8) is 0 Å². The first-order valence-electron chi connectivity index (χ1n) is 2.86. The lowest BCUT2D eigenvalue weighted by Gasteiger charge is -1.98. The average Bonchev–Trinajstić information content (AvgIpc) is 1.95. The maximum Gasteiger partial charge on any atom is 0.162 e. The molecule has 0 unspecified atom stereocenters. The van der Waals surface area contributed by atoms with E-state index in [2.05, 4.69) is 32.8 Å². The lowest BCUT2D eigenvalue weighted by atomic mass is 10.4. The summed E-state index contributed by atoms with van der Waals surface area (Å²) < 4.78 is 4.69. The van der Waals surface area contributed by atoms with Crippen LogP contribution >= 0.6 is 15.9 Å². The van der Waals surface area contributed by atoms with E-state index in [4.69, 9.17) is 0 Å². The number of aromatic nitrogens is 1. The Balaban J connectivity index is 2.69. The van der Waals surface area contributed by atoms with Gasteiger partial charge in [0, 0.05) is 10.7 Å². The van der Waals surface area contributed by atoms with Gasteiger partial charge in [-0.25, -0.2) is 0 Å². The topological polar surface area (TPSA) is 25.7 Å². The summed E-state index contributed by atoms with van der Waals surface area (Å²) in [4.78, 5) is 4.09. The molecule has 0 saturated carbocycles. The molecule has 0 amide bonds. The summed E-state index contributed by atoms with van der Waals surface area (Å²) in [5.74, 6) is 0. The van der Waals surface area contributed by atoms with E-state index in [1.54, 1.807) is 6.20 Å². The molecule has 0 spiro atoms. The third kappa shape index (κ3) is 2.08. The van der Waals surface area contributed by atoms with Crippen LogP contribution in [0.25, 0.3) is 0 Å². The molecule has 0 radical (unpaired) electrons. The van der Waals surface area contributed by atoms with E-state index in [-0.39, 0.29) is 0 Å². The molecule has 54 valence electrons. The van der Waals surface area contributed by atoms with Gasteiger partial charge in [0.25, 0.3) is 0 Å². The Morgan fingerprint density at radius 1 is 1.60 bits per heavy atom. The van der Waals surface area contributed by atoms with Gasteiger partial charge in [0.15, 0.2) is 6.61 Å². The zero-order valence-electron chi connectivity index (χ0n) is 5.42. The summed E-state index contributed by atoms with van der Waals surface area (Å²) in [7, 11) is 3.38. The van der Waals surface area contributed by atoms with Crippen LogP contribution in [0.15, 0.2) is 22.8 Å². The number of ether oxygens (including phenoxy) is 1. The van der Waals surface area contributed by atoms with Gasteiger partial charge in [-0.3, -0.25) is 4.98 Å². The number of hydrogen-bond donors (Lipinski definition) is 0. The van der Waals surface area contributed by atoms with Crippen molar-refractivity contribution < 1.29 is 4.74 Å². The molecule has 1 aromatic heterocycles. The van der Waals surface area contributed by atoms with E-state index in [1.165, 1.54) is 0 Å². The summed E-state index contributed by atoms with van der Waals surface area (Å²) >= 11 is 3.29. The second kappa shape index (κ2) is 3.68. The second-order valence-electron chi connectivity index (χ2n) is 1.85. The molecule has 1 aromatic rings. The minimum Gasteiger partial charge on any atom is -0.577 e. The largest absolute Gasteiger partial charge is 0.577 e. The molecule has 0 aliphatic rings. The monoisotopic (exact) mass is 201 g/mol. The highest BCUT2D eigenvalue weighted by atomic mass is 79.9. The highest BCUT2D eigenvalue weighted by molar-refractivity contribution is 9.10. The fraction of sp³-hybridized carbons (Fsp3) is 0.143. The van der Waals surface area contributed by atoms with E-state index in [1.807, 2.05) is 12.1 Å². The molecule has 0 fully saturated rings. The fourth-order valence-corrected chi connectivity index (χ4v) is 0.849. The quantitative estimate of drug-likeness (QED) is 0.529. The van der Waals surface area contributed by atoms with Gasteiger partial charge in [-0.1, -0.05) is 7.11 Å². The van der Waals surface area contributed by atoms with Crippen LogP contribution in [0.3, 0.4) is 0 Å². The smallest absolute Gasteiger partial charge is 0.162 e. The van der Waals surface area contributed by atoms with Gasteiger partial charge < -0.3 is 4.74 Å². The van der Waals surface area contributed by atoms with E-state index < -0.39 is 0 Å². The normalized spacial score (nSPS) is 9.80. The van der Waals surface area contributed by atoms with Crippen molar-refractivity contribution in [1.82, 2.24) is 4.98 Å². The number of aliphatic hydroxyl groups is 2. The fourth-order valence-electron chi connectivity index (χ4n) is 0.615. The lowest BCUT2D eigenvalue weighted by Crippen LogP contribution is -1.92. The van der Waals surface area contributed by atoms with Crippen molar-refractivity contribution in [3.8, 4) is 0 Å². The lowest BCUT2D eigenvalue weighted by molar-refractivity contribution is 0.0376. The van der Waals surface area contributed by atoms with E-state index in [0.29, 0.717) is 6.61 Å². The average molecular weight is 202 g/mol. The number of halogens is 1. The summed E-state index contributed by atoms with van der Waals surface area (Å²) in [5, 5.41) is 0. The van der Waals surface area contributed by atoms with Gasteiger partial charge in [-0.15, -0.1) is 0 Å². The molecule has 2 nitrogen and oxygen atoms in total. The third-order valence-electron chi connectivity index (χ3n) is 1.06. The molecule has 1 N–H and O–H groups in total. The van der Waals surface area contributed by atoms with Crippen molar-refractivity contribution in [2.45, 2.75) is 6.61 Å². The highest BCUT2D eigenvalue weighted by Crippen LogP contribution is 2.07. The minimum absolute atomic E-state index is 0.591. The Morgan fingerprint density at radius 2 is 2.40 bits per heavy atom. The van der Waals surface area contributed by atoms with Gasteiger partial charge >= 0.3 is 0 Å². The Kier molecular flexibility index (Phi) is 2.83. The molecule has 0 aliphatic carbocycles. The van der Waals surface area contributed by atoms with Crippen LogP contribution in [0.1, 0.15) is 5.69 Å². The van der Waals surface area contributed by atoms with Gasteiger partial charge in [0.2, 0.25) is 0 Å². The van der Waals surface area contributed by atoms with Crippen LogP contribution in [-0.4, -0.2) is 9.72 Å². The van der Waals surface area contributed by atoms with Gasteiger partial charge in [-0.05, 0) is 28.1 Å². The molecule has 1 rings (SSSR count). The summed E-state index contributed by atoms with van der Waals surface area (Å²) in [6.45, 7) is 0.591. The molecular weight excluding hydrogens is 194 g/mol. The number of nitrogens with zero attached hydrogens (tertiary/aromatic N) is 1. The standard InChI is InChI=1S/C7H8BrNO/c1-10-5-7-3-2-6(8)4-9-7/h2-4,10H,1,5H2. The molecule has 3 heteroatoms. The second-order valence-corrected chi connectivity index (χ2v) is 2.77. The van der Waals surface area contributed by atoms with Gasteiger partial charge in [0.05, 0.1) is 0 Å². The van der Waals surface area contributed by atoms with Crippen molar-refractivity contribution >= 4 is 15.9 Å². The maximum absolute atomic E-state index is 4.09. The van der Waals surface area contributed by atoms with Crippen LogP contribution in [0.2, 0.25) is 0 Å². The molecule has 0 atom stereocenters. The van der Waals surface area contributed by atoms with Crippen LogP contribution in [-0.2, 0) is 6.61 Å². The Labute approximate surface area is 68.4 Å². The Hall–Kier alpha value is -0.410. The van der Waals surface area contributed by atoms with Crippen LogP contribution in [0.4, 0.5) is 0 Å². The number of rotatable bonds is 2. The van der Waals surface area contributed by atoms with Crippen molar-refractivity contribution in [2.75, 3.05) is 0 Å². The van der Waals surface area contributed by atoms with Gasteiger partial charge in [0.1, 0.15) is 5.69 Å². The van der Waals surface area contributed by atoms with Crippen molar-refractivity contribution in [2.24, 2.45) is 0 Å². The molecular formula is C7H8BrNO.